The molecule has 0 radical (unpaired) electrons. The van der Waals surface area contributed by atoms with Crippen molar-refractivity contribution in [1.29, 1.82) is 0 Å². The molecule has 230 valence electrons. The molecule has 2 atom stereocenters. The van der Waals surface area contributed by atoms with Gasteiger partial charge < -0.3 is 29.3 Å². The van der Waals surface area contributed by atoms with Gasteiger partial charge >= 0.3 is 11.9 Å². The second kappa shape index (κ2) is 14.4. The molecule has 2 aliphatic heterocycles. The highest BCUT2D eigenvalue weighted by atomic mass is 35.5. The summed E-state index contributed by atoms with van der Waals surface area (Å²) in [6.45, 7) is 2.44. The highest BCUT2D eigenvalue weighted by Gasteiger charge is 2.42. The summed E-state index contributed by atoms with van der Waals surface area (Å²) in [4.78, 5) is 44.8. The van der Waals surface area contributed by atoms with Crippen molar-refractivity contribution in [3.05, 3.63) is 80.6 Å². The van der Waals surface area contributed by atoms with Crippen LogP contribution in [0.3, 0.4) is 0 Å². The number of benzene rings is 2. The number of amides is 1. The van der Waals surface area contributed by atoms with Crippen molar-refractivity contribution in [3.63, 3.8) is 0 Å². The molecule has 4 rings (SSSR count). The summed E-state index contributed by atoms with van der Waals surface area (Å²) in [6, 6.07) is 11.6. The molecular formula is C30H33Cl2N3O7S. The third-order valence-electron chi connectivity index (χ3n) is 7.40. The number of ether oxygens (including phenoxy) is 3. The first-order valence-electron chi connectivity index (χ1n) is 13.4. The Hall–Kier alpha value is -3.38. The number of dihydropyridines is 1. The second-order valence-electron chi connectivity index (χ2n) is 9.96. The summed E-state index contributed by atoms with van der Waals surface area (Å²) in [7, 11) is 4.12. The lowest BCUT2D eigenvalue weighted by Gasteiger charge is -2.35. The summed E-state index contributed by atoms with van der Waals surface area (Å²) in [5.41, 5.74) is 0.574. The largest absolute Gasteiger partial charge is 0.495 e. The van der Waals surface area contributed by atoms with E-state index in [1.54, 1.807) is 47.4 Å². The van der Waals surface area contributed by atoms with Gasteiger partial charge in [0.2, 0.25) is 5.91 Å². The Morgan fingerprint density at radius 2 is 1.47 bits per heavy atom. The van der Waals surface area contributed by atoms with Crippen LogP contribution in [0.4, 0.5) is 0 Å². The average Bonchev–Trinajstić information content (AvgIpc) is 3.00. The number of para-hydroxylation sites is 1. The first-order valence-corrected chi connectivity index (χ1v) is 15.5. The van der Waals surface area contributed by atoms with Crippen LogP contribution in [0.2, 0.25) is 10.0 Å². The number of nitrogens with one attached hydrogen (secondary N) is 1. The van der Waals surface area contributed by atoms with Gasteiger partial charge in [0, 0.05) is 53.2 Å². The van der Waals surface area contributed by atoms with Crippen molar-refractivity contribution < 1.29 is 32.8 Å². The lowest BCUT2D eigenvalue weighted by atomic mass is 9.79. The number of rotatable bonds is 9. The van der Waals surface area contributed by atoms with E-state index in [0.717, 1.165) is 0 Å². The van der Waals surface area contributed by atoms with Crippen LogP contribution in [-0.4, -0.2) is 92.2 Å². The molecule has 2 aliphatic rings. The molecular weight excluding hydrogens is 617 g/mol. The maximum Gasteiger partial charge on any atom is 0.336 e. The molecule has 0 bridgehead atoms. The van der Waals surface area contributed by atoms with Crippen LogP contribution in [0.15, 0.2) is 69.9 Å². The zero-order valence-corrected chi connectivity index (χ0v) is 26.6. The van der Waals surface area contributed by atoms with E-state index in [1.807, 2.05) is 7.05 Å². The number of methoxy groups -OCH3 is 3. The molecule has 1 saturated heterocycles. The zero-order chi connectivity index (χ0) is 31.3. The number of carbonyl (C=O) groups is 3. The lowest BCUT2D eigenvalue weighted by Crippen LogP contribution is -2.47. The zero-order valence-electron chi connectivity index (χ0n) is 24.3. The fraction of sp³-hybridized carbons (Fsp3) is 0.367. The second-order valence-corrected chi connectivity index (χ2v) is 12.2. The number of likely N-dealkylation sites (N-methyl/N-ethyl adjacent to an activating group) is 1. The monoisotopic (exact) mass is 649 g/mol. The van der Waals surface area contributed by atoms with Crippen LogP contribution in [0.1, 0.15) is 17.9 Å². The standard InChI is InChI=1S/C30H33Cl2N3O7S/c1-34-12-14-35(15-13-34)24(36)16-20-26(29(37)41-3)28(25-18(31)8-7-9-19(25)32)27(30(38)42-4)21(33-20)17-43(39)23-11-6-5-10-22(23)40-2/h5-11,28,33H,12-17H2,1-4H3. The van der Waals surface area contributed by atoms with Gasteiger partial charge in [0.15, 0.2) is 0 Å². The van der Waals surface area contributed by atoms with Crippen molar-refractivity contribution in [1.82, 2.24) is 15.1 Å². The van der Waals surface area contributed by atoms with Gasteiger partial charge in [-0.3, -0.25) is 9.00 Å². The van der Waals surface area contributed by atoms with E-state index in [0.29, 0.717) is 36.8 Å². The van der Waals surface area contributed by atoms with Gasteiger partial charge in [0.05, 0.1) is 66.3 Å². The Labute approximate surface area is 263 Å². The number of esters is 2. The van der Waals surface area contributed by atoms with Crippen molar-refractivity contribution in [3.8, 4) is 5.75 Å². The van der Waals surface area contributed by atoms with Crippen LogP contribution in [0.25, 0.3) is 0 Å². The molecule has 0 aromatic heterocycles. The molecule has 13 heteroatoms. The molecule has 0 aliphatic carbocycles. The topological polar surface area (TPSA) is 114 Å². The number of nitrogens with zero attached hydrogens (tertiary/aromatic N) is 2. The first kappa shape index (κ1) is 32.5. The summed E-state index contributed by atoms with van der Waals surface area (Å²) in [6.07, 6.45) is -0.216. The predicted molar refractivity (Wildman–Crippen MR) is 163 cm³/mol. The molecule has 43 heavy (non-hydrogen) atoms. The Morgan fingerprint density at radius 1 is 0.884 bits per heavy atom. The molecule has 1 amide bonds. The summed E-state index contributed by atoms with van der Waals surface area (Å²) < 4.78 is 29.5. The van der Waals surface area contributed by atoms with E-state index < -0.39 is 28.7 Å². The number of piperazine rings is 1. The van der Waals surface area contributed by atoms with E-state index >= 15 is 0 Å². The normalized spacial score (nSPS) is 18.2. The lowest BCUT2D eigenvalue weighted by molar-refractivity contribution is -0.137. The Balaban J connectivity index is 1.91. The Kier molecular flexibility index (Phi) is 10.9. The number of hydrogen-bond acceptors (Lipinski definition) is 9. The number of hydrogen-bond donors (Lipinski definition) is 1. The third kappa shape index (κ3) is 7.06. The Morgan fingerprint density at radius 3 is 2.05 bits per heavy atom. The van der Waals surface area contributed by atoms with Crippen LogP contribution < -0.4 is 10.1 Å². The van der Waals surface area contributed by atoms with Crippen molar-refractivity contribution in [2.24, 2.45) is 0 Å². The van der Waals surface area contributed by atoms with E-state index in [4.69, 9.17) is 37.4 Å². The summed E-state index contributed by atoms with van der Waals surface area (Å²) in [5.74, 6) is -2.81. The van der Waals surface area contributed by atoms with E-state index in [-0.39, 0.29) is 56.2 Å². The van der Waals surface area contributed by atoms with E-state index in [9.17, 15) is 18.6 Å². The molecule has 1 fully saturated rings. The minimum atomic E-state index is -1.73. The highest BCUT2D eigenvalue weighted by molar-refractivity contribution is 7.85. The molecule has 0 spiro atoms. The molecule has 2 aromatic rings. The minimum absolute atomic E-state index is 0.0211. The third-order valence-corrected chi connectivity index (χ3v) is 9.44. The summed E-state index contributed by atoms with van der Waals surface area (Å²) in [5, 5.41) is 3.48. The first-order chi connectivity index (χ1) is 20.6. The maximum atomic E-state index is 13.8. The van der Waals surface area contributed by atoms with Crippen molar-refractivity contribution >= 4 is 51.8 Å². The summed E-state index contributed by atoms with van der Waals surface area (Å²) >= 11 is 13.3. The van der Waals surface area contributed by atoms with Gasteiger partial charge in [-0.15, -0.1) is 0 Å². The highest BCUT2D eigenvalue weighted by Crippen LogP contribution is 2.45. The van der Waals surface area contributed by atoms with Gasteiger partial charge in [-0.1, -0.05) is 41.4 Å². The van der Waals surface area contributed by atoms with Crippen LogP contribution in [0, 0.1) is 0 Å². The van der Waals surface area contributed by atoms with Gasteiger partial charge in [-0.2, -0.15) is 0 Å². The maximum absolute atomic E-state index is 13.8. The quantitative estimate of drug-likeness (QED) is 0.408. The van der Waals surface area contributed by atoms with Crippen LogP contribution >= 0.6 is 23.2 Å². The SMILES string of the molecule is COC(=O)C1=C(CC(=O)N2CCN(C)CC2)NC(CS(=O)c2ccccc2OC)=C(C(=O)OC)C1c1c(Cl)cccc1Cl. The predicted octanol–water partition coefficient (Wildman–Crippen LogP) is 3.51. The fourth-order valence-corrected chi connectivity index (χ4v) is 7.04. The van der Waals surface area contributed by atoms with Gasteiger partial charge in [-0.05, 0) is 31.3 Å². The fourth-order valence-electron chi connectivity index (χ4n) is 5.17. The Bertz CT molecular complexity index is 1480. The van der Waals surface area contributed by atoms with Gasteiger partial charge in [0.1, 0.15) is 5.75 Å². The molecule has 2 aromatic carbocycles. The van der Waals surface area contributed by atoms with Crippen molar-refractivity contribution in [2.75, 3.05) is 60.3 Å². The average molecular weight is 651 g/mol. The number of halogens is 2. The van der Waals surface area contributed by atoms with Gasteiger partial charge in [0.25, 0.3) is 0 Å². The van der Waals surface area contributed by atoms with E-state index in [2.05, 4.69) is 10.2 Å². The smallest absolute Gasteiger partial charge is 0.336 e. The van der Waals surface area contributed by atoms with Gasteiger partial charge in [-0.25, -0.2) is 9.59 Å². The van der Waals surface area contributed by atoms with Crippen LogP contribution in [-0.2, 0) is 34.7 Å². The minimum Gasteiger partial charge on any atom is -0.495 e. The molecule has 1 N–H and O–H groups in total. The number of carbonyl (C=O) groups excluding carboxylic acids is 3. The molecule has 0 saturated carbocycles. The molecule has 2 heterocycles. The molecule has 2 unspecified atom stereocenters. The molecule has 10 nitrogen and oxygen atoms in total. The van der Waals surface area contributed by atoms with E-state index in [1.165, 1.54) is 21.3 Å². The van der Waals surface area contributed by atoms with Crippen molar-refractivity contribution in [2.45, 2.75) is 17.2 Å². The van der Waals surface area contributed by atoms with Crippen LogP contribution in [0.5, 0.6) is 5.75 Å².